The lowest BCUT2D eigenvalue weighted by Crippen LogP contribution is -2.46. The number of carbonyl (C=O) groups is 2. The molecule has 6 rings (SSSR count). The lowest BCUT2D eigenvalue weighted by Gasteiger charge is -2.44. The Kier molecular flexibility index (Phi) is 13.4. The fourth-order valence-electron chi connectivity index (χ4n) is 7.01. The number of urea groups is 1. The van der Waals surface area contributed by atoms with Gasteiger partial charge in [-0.1, -0.05) is 121 Å². The van der Waals surface area contributed by atoms with Crippen molar-refractivity contribution in [1.29, 1.82) is 0 Å². The van der Waals surface area contributed by atoms with Gasteiger partial charge in [-0.2, -0.15) is 0 Å². The minimum absolute atomic E-state index is 0.0670. The van der Waals surface area contributed by atoms with Crippen molar-refractivity contribution >= 4 is 11.8 Å². The Morgan fingerprint density at radius 3 is 2.07 bits per heavy atom. The zero-order valence-corrected chi connectivity index (χ0v) is 31.1. The fraction of sp³-hybridized carbons (Fsp3) is 0.289. The molecule has 5 aromatic carbocycles. The smallest absolute Gasteiger partial charge is 0.315 e. The Morgan fingerprint density at radius 1 is 0.764 bits per heavy atom. The number of phenolic OH excluding ortho intramolecular Hbond substituents is 1. The topological polar surface area (TPSA) is 141 Å². The zero-order valence-electron chi connectivity index (χ0n) is 31.1. The molecule has 1 aliphatic heterocycles. The lowest BCUT2D eigenvalue weighted by atomic mass is 9.83. The number of ketones is 1. The highest BCUT2D eigenvalue weighted by molar-refractivity contribution is 5.87. The molecule has 0 bridgehead atoms. The molecule has 55 heavy (non-hydrogen) atoms. The van der Waals surface area contributed by atoms with E-state index in [4.69, 9.17) is 9.47 Å². The van der Waals surface area contributed by atoms with E-state index in [-0.39, 0.29) is 36.7 Å². The monoisotopic (exact) mass is 743 g/mol. The van der Waals surface area contributed by atoms with Crippen LogP contribution in [0.3, 0.4) is 0 Å². The molecule has 6 atom stereocenters. The SMILES string of the molecule is CC(=O)[C@@H](Cc1ccccc1)NC(=O)NCc1ccc(C2O[C@H](CN(C)C[C@@H](O)c3cccc(O)c3)[C@@H](c3ccccc3)[C@H](c3ccc(CO)cc3)O2)cc1. The van der Waals surface area contributed by atoms with Gasteiger partial charge in [0.25, 0.3) is 0 Å². The summed E-state index contributed by atoms with van der Waals surface area (Å²) in [4.78, 5) is 27.1. The lowest BCUT2D eigenvalue weighted by molar-refractivity contribution is -0.263. The first-order valence-electron chi connectivity index (χ1n) is 18.6. The van der Waals surface area contributed by atoms with Gasteiger partial charge in [-0.15, -0.1) is 0 Å². The first-order chi connectivity index (χ1) is 26.7. The molecule has 5 N–H and O–H groups in total. The number of nitrogens with zero attached hydrogens (tertiary/aromatic N) is 1. The number of Topliss-reactive ketones (excluding diaryl/α,β-unsaturated/α-hetero) is 1. The van der Waals surface area contributed by atoms with Crippen molar-refractivity contribution in [3.8, 4) is 5.75 Å². The maximum atomic E-state index is 12.8. The van der Waals surface area contributed by atoms with Crippen molar-refractivity contribution in [2.45, 2.75) is 63.1 Å². The van der Waals surface area contributed by atoms with Crippen LogP contribution in [0.4, 0.5) is 4.79 Å². The van der Waals surface area contributed by atoms with Crippen molar-refractivity contribution < 1.29 is 34.4 Å². The van der Waals surface area contributed by atoms with Gasteiger partial charge in [-0.3, -0.25) is 4.79 Å². The highest BCUT2D eigenvalue weighted by Crippen LogP contribution is 2.47. The molecule has 1 aliphatic rings. The summed E-state index contributed by atoms with van der Waals surface area (Å²) in [6.45, 7) is 2.42. The van der Waals surface area contributed by atoms with Crippen LogP contribution in [0.2, 0.25) is 0 Å². The molecule has 2 amide bonds. The highest BCUT2D eigenvalue weighted by atomic mass is 16.7. The second kappa shape index (κ2) is 18.8. The van der Waals surface area contributed by atoms with E-state index in [1.165, 1.54) is 6.92 Å². The number of benzene rings is 5. The predicted octanol–water partition coefficient (Wildman–Crippen LogP) is 6.49. The van der Waals surface area contributed by atoms with E-state index < -0.39 is 30.6 Å². The van der Waals surface area contributed by atoms with Crippen LogP contribution < -0.4 is 10.6 Å². The average Bonchev–Trinajstić information content (AvgIpc) is 3.20. The third-order valence-electron chi connectivity index (χ3n) is 9.99. The molecule has 1 fully saturated rings. The summed E-state index contributed by atoms with van der Waals surface area (Å²) in [6.07, 6.45) is -1.95. The molecule has 0 aliphatic carbocycles. The van der Waals surface area contributed by atoms with E-state index in [1.54, 1.807) is 24.3 Å². The number of likely N-dealkylation sites (N-methyl/N-ethyl adjacent to an activating group) is 1. The van der Waals surface area contributed by atoms with Gasteiger partial charge >= 0.3 is 6.03 Å². The van der Waals surface area contributed by atoms with Crippen LogP contribution in [-0.4, -0.2) is 64.3 Å². The van der Waals surface area contributed by atoms with E-state index in [9.17, 15) is 24.9 Å². The quantitative estimate of drug-likeness (QED) is 0.0821. The van der Waals surface area contributed by atoms with Gasteiger partial charge < -0.3 is 40.3 Å². The number of phenols is 1. The van der Waals surface area contributed by atoms with Gasteiger partial charge in [0.2, 0.25) is 0 Å². The van der Waals surface area contributed by atoms with Crippen molar-refractivity contribution in [3.05, 3.63) is 172 Å². The van der Waals surface area contributed by atoms with Crippen LogP contribution >= 0.6 is 0 Å². The van der Waals surface area contributed by atoms with Gasteiger partial charge in [0.05, 0.1) is 31.0 Å². The van der Waals surface area contributed by atoms with E-state index in [0.29, 0.717) is 25.1 Å². The third kappa shape index (κ3) is 10.7. The maximum Gasteiger partial charge on any atom is 0.315 e. The standard InChI is InChI=1S/C45H49N3O7/c1-30(50)39(24-31-10-5-3-6-11-31)47-45(53)46-26-32-16-22-36(23-17-32)44-54-41(28-48(2)27-40(52)37-14-9-15-38(51)25-37)42(34-12-7-4-8-13-34)43(55-44)35-20-18-33(29-49)19-21-35/h3-23,25,39-44,49,51-52H,24,26-29H2,1-2H3,(H2,46,47,53)/t39-,40-,41-,42-,43+,44?/m1/s1. The van der Waals surface area contributed by atoms with Gasteiger partial charge in [0, 0.05) is 31.1 Å². The molecule has 1 saturated heterocycles. The van der Waals surface area contributed by atoms with Gasteiger partial charge in [0.1, 0.15) is 5.75 Å². The number of aliphatic hydroxyl groups excluding tert-OH is 2. The number of carbonyl (C=O) groups excluding carboxylic acids is 2. The molecule has 1 heterocycles. The number of amides is 2. The van der Waals surface area contributed by atoms with E-state index in [0.717, 1.165) is 33.4 Å². The molecule has 10 heteroatoms. The molecule has 286 valence electrons. The first-order valence-corrected chi connectivity index (χ1v) is 18.6. The maximum absolute atomic E-state index is 12.8. The summed E-state index contributed by atoms with van der Waals surface area (Å²) in [6, 6.07) is 40.7. The minimum Gasteiger partial charge on any atom is -0.508 e. The van der Waals surface area contributed by atoms with Gasteiger partial charge in [-0.05, 0) is 65.9 Å². The molecule has 5 aromatic rings. The summed E-state index contributed by atoms with van der Waals surface area (Å²) < 4.78 is 13.7. The van der Waals surface area contributed by atoms with Crippen LogP contribution in [0.15, 0.2) is 133 Å². The number of aromatic hydroxyl groups is 1. The summed E-state index contributed by atoms with van der Waals surface area (Å²) in [7, 11) is 1.94. The van der Waals surface area contributed by atoms with Crippen molar-refractivity contribution in [1.82, 2.24) is 15.5 Å². The molecule has 10 nitrogen and oxygen atoms in total. The Bertz CT molecular complexity index is 1980. The van der Waals surface area contributed by atoms with E-state index >= 15 is 0 Å². The van der Waals surface area contributed by atoms with Crippen molar-refractivity contribution in [2.24, 2.45) is 0 Å². The number of rotatable bonds is 15. The number of aliphatic hydroxyl groups is 2. The van der Waals surface area contributed by atoms with Gasteiger partial charge in [-0.25, -0.2) is 4.79 Å². The molecule has 0 aromatic heterocycles. The predicted molar refractivity (Wildman–Crippen MR) is 210 cm³/mol. The highest BCUT2D eigenvalue weighted by Gasteiger charge is 2.42. The Labute approximate surface area is 322 Å². The summed E-state index contributed by atoms with van der Waals surface area (Å²) in [5, 5.41) is 36.5. The Morgan fingerprint density at radius 2 is 1.42 bits per heavy atom. The normalized spacial score (nSPS) is 19.4. The second-order valence-electron chi connectivity index (χ2n) is 14.2. The van der Waals surface area contributed by atoms with Crippen LogP contribution in [-0.2, 0) is 33.8 Å². The van der Waals surface area contributed by atoms with Crippen LogP contribution in [0, 0.1) is 0 Å². The summed E-state index contributed by atoms with van der Waals surface area (Å²) in [5.41, 5.74) is 6.01. The van der Waals surface area contributed by atoms with Crippen LogP contribution in [0.1, 0.15) is 70.3 Å². The summed E-state index contributed by atoms with van der Waals surface area (Å²) in [5.74, 6) is -0.245. The summed E-state index contributed by atoms with van der Waals surface area (Å²) >= 11 is 0. The Balaban J connectivity index is 1.20. The number of hydrogen-bond donors (Lipinski definition) is 5. The van der Waals surface area contributed by atoms with Crippen molar-refractivity contribution in [3.63, 3.8) is 0 Å². The molecule has 1 unspecified atom stereocenters. The largest absolute Gasteiger partial charge is 0.508 e. The fourth-order valence-corrected chi connectivity index (χ4v) is 7.01. The zero-order chi connectivity index (χ0) is 38.7. The number of ether oxygens (including phenoxy) is 2. The number of hydrogen-bond acceptors (Lipinski definition) is 8. The van der Waals surface area contributed by atoms with Crippen LogP contribution in [0.25, 0.3) is 0 Å². The van der Waals surface area contributed by atoms with Crippen LogP contribution in [0.5, 0.6) is 5.75 Å². The molecule has 0 radical (unpaired) electrons. The average molecular weight is 744 g/mol. The van der Waals surface area contributed by atoms with E-state index in [1.807, 2.05) is 109 Å². The third-order valence-corrected chi connectivity index (χ3v) is 9.99. The Hall–Kier alpha value is -5.36. The van der Waals surface area contributed by atoms with E-state index in [2.05, 4.69) is 22.8 Å². The molecule has 0 saturated carbocycles. The second-order valence-corrected chi connectivity index (χ2v) is 14.2. The van der Waals surface area contributed by atoms with Crippen molar-refractivity contribution in [2.75, 3.05) is 20.1 Å². The molecule has 0 spiro atoms. The first kappa shape index (κ1) is 39.3. The number of nitrogens with one attached hydrogen (secondary N) is 2. The molecular weight excluding hydrogens is 695 g/mol. The molecular formula is C45H49N3O7. The van der Waals surface area contributed by atoms with Gasteiger partial charge in [0.15, 0.2) is 12.1 Å². The minimum atomic E-state index is -0.829.